The molecule has 17 heavy (non-hydrogen) atoms. The Hall–Kier alpha value is -0.600. The molecular formula is C10H15NO4S2. The van der Waals surface area contributed by atoms with Crippen molar-refractivity contribution in [1.29, 1.82) is 0 Å². The van der Waals surface area contributed by atoms with Crippen molar-refractivity contribution in [2.75, 3.05) is 25.6 Å². The predicted molar refractivity (Wildman–Crippen MR) is 67.2 cm³/mol. The minimum Gasteiger partial charge on any atom is -0.394 e. The van der Waals surface area contributed by atoms with Gasteiger partial charge in [0, 0.05) is 0 Å². The topological polar surface area (TPSA) is 89.8 Å². The van der Waals surface area contributed by atoms with Crippen molar-refractivity contribution in [1.82, 2.24) is 5.32 Å². The van der Waals surface area contributed by atoms with Gasteiger partial charge in [-0.3, -0.25) is 4.79 Å². The Morgan fingerprint density at radius 3 is 2.47 bits per heavy atom. The van der Waals surface area contributed by atoms with Crippen LogP contribution in [0.25, 0.3) is 0 Å². The Kier molecular flexibility index (Phi) is 5.93. The van der Waals surface area contributed by atoms with Gasteiger partial charge in [-0.05, 0) is 11.4 Å². The first-order valence-electron chi connectivity index (χ1n) is 4.95. The molecule has 1 aromatic heterocycles. The number of hydrogen-bond donors (Lipinski definition) is 4. The number of aliphatic hydroxyl groups is 3. The van der Waals surface area contributed by atoms with Crippen LogP contribution < -0.4 is 5.32 Å². The highest BCUT2D eigenvalue weighted by Gasteiger charge is 2.29. The van der Waals surface area contributed by atoms with Crippen LogP contribution in [0.1, 0.15) is 0 Å². The first-order valence-corrected chi connectivity index (χ1v) is 6.82. The van der Waals surface area contributed by atoms with Gasteiger partial charge in [0.05, 0.1) is 29.8 Å². The lowest BCUT2D eigenvalue weighted by atomic mass is 10.0. The fourth-order valence-corrected chi connectivity index (χ4v) is 2.67. The number of carbonyl (C=O) groups is 1. The highest BCUT2D eigenvalue weighted by atomic mass is 32.2. The molecule has 0 radical (unpaired) electrons. The molecule has 0 aliphatic carbocycles. The minimum atomic E-state index is -1.34. The number of nitrogens with one attached hydrogen (secondary N) is 1. The predicted octanol–water partition coefficient (Wildman–Crippen LogP) is -0.328. The zero-order valence-electron chi connectivity index (χ0n) is 9.13. The van der Waals surface area contributed by atoms with E-state index in [1.165, 1.54) is 23.1 Å². The Balaban J connectivity index is 2.42. The van der Waals surface area contributed by atoms with E-state index < -0.39 is 25.4 Å². The highest BCUT2D eigenvalue weighted by molar-refractivity contribution is 8.01. The second-order valence-corrected chi connectivity index (χ2v) is 5.75. The summed E-state index contributed by atoms with van der Waals surface area (Å²) >= 11 is 2.90. The third-order valence-electron chi connectivity index (χ3n) is 2.15. The average molecular weight is 277 g/mol. The van der Waals surface area contributed by atoms with Crippen molar-refractivity contribution in [3.05, 3.63) is 17.5 Å². The first-order chi connectivity index (χ1) is 8.15. The molecule has 0 aliphatic heterocycles. The molecule has 0 aromatic carbocycles. The number of carbonyl (C=O) groups excluding carboxylic acids is 1. The van der Waals surface area contributed by atoms with Gasteiger partial charge >= 0.3 is 0 Å². The number of thiophene rings is 1. The van der Waals surface area contributed by atoms with E-state index in [1.807, 2.05) is 17.5 Å². The third kappa shape index (κ3) is 4.29. The lowest BCUT2D eigenvalue weighted by Crippen LogP contribution is -2.57. The summed E-state index contributed by atoms with van der Waals surface area (Å²) in [4.78, 5) is 11.6. The molecule has 0 unspecified atom stereocenters. The number of thioether (sulfide) groups is 1. The molecule has 7 heteroatoms. The number of hydrogen-bond acceptors (Lipinski definition) is 6. The van der Waals surface area contributed by atoms with Gasteiger partial charge in [0.15, 0.2) is 0 Å². The van der Waals surface area contributed by atoms with E-state index in [0.717, 1.165) is 4.21 Å². The van der Waals surface area contributed by atoms with Gasteiger partial charge in [-0.2, -0.15) is 0 Å². The van der Waals surface area contributed by atoms with Crippen LogP contribution in [0.3, 0.4) is 0 Å². The van der Waals surface area contributed by atoms with Crippen molar-refractivity contribution < 1.29 is 20.1 Å². The summed E-state index contributed by atoms with van der Waals surface area (Å²) in [5.74, 6) is -0.150. The summed E-state index contributed by atoms with van der Waals surface area (Å²) in [6.07, 6.45) is 0. The summed E-state index contributed by atoms with van der Waals surface area (Å²) in [7, 11) is 0. The molecular weight excluding hydrogens is 262 g/mol. The summed E-state index contributed by atoms with van der Waals surface area (Å²) in [5, 5.41) is 31.5. The van der Waals surface area contributed by atoms with E-state index >= 15 is 0 Å². The summed E-state index contributed by atoms with van der Waals surface area (Å²) in [6.45, 7) is -1.51. The van der Waals surface area contributed by atoms with Gasteiger partial charge in [0.25, 0.3) is 0 Å². The van der Waals surface area contributed by atoms with Crippen LogP contribution in [0.15, 0.2) is 21.7 Å². The normalized spacial score (nSPS) is 11.5. The lowest BCUT2D eigenvalue weighted by Gasteiger charge is -2.28. The molecule has 5 nitrogen and oxygen atoms in total. The zero-order chi connectivity index (χ0) is 12.7. The maximum Gasteiger partial charge on any atom is 0.231 e. The quantitative estimate of drug-likeness (QED) is 0.513. The van der Waals surface area contributed by atoms with E-state index in [-0.39, 0.29) is 11.7 Å². The average Bonchev–Trinajstić information content (AvgIpc) is 2.87. The van der Waals surface area contributed by atoms with Gasteiger partial charge in [0.2, 0.25) is 5.91 Å². The van der Waals surface area contributed by atoms with Crippen LogP contribution in [0.2, 0.25) is 0 Å². The molecule has 0 bridgehead atoms. The van der Waals surface area contributed by atoms with E-state index in [2.05, 4.69) is 5.32 Å². The maximum absolute atomic E-state index is 11.6. The molecule has 4 N–H and O–H groups in total. The summed E-state index contributed by atoms with van der Waals surface area (Å²) in [6, 6.07) is 3.80. The molecule has 0 spiro atoms. The largest absolute Gasteiger partial charge is 0.394 e. The molecule has 1 rings (SSSR count). The molecule has 0 saturated heterocycles. The van der Waals surface area contributed by atoms with Crippen LogP contribution in [0.5, 0.6) is 0 Å². The second kappa shape index (κ2) is 6.97. The fraction of sp³-hybridized carbons (Fsp3) is 0.500. The third-order valence-corrected chi connectivity index (χ3v) is 4.28. The molecule has 96 valence electrons. The first kappa shape index (κ1) is 14.5. The van der Waals surface area contributed by atoms with Crippen LogP contribution in [-0.2, 0) is 4.79 Å². The summed E-state index contributed by atoms with van der Waals surface area (Å²) in [5.41, 5.74) is -1.34. The van der Waals surface area contributed by atoms with Crippen LogP contribution in [-0.4, -0.2) is 52.3 Å². The van der Waals surface area contributed by atoms with Crippen LogP contribution in [0.4, 0.5) is 0 Å². The van der Waals surface area contributed by atoms with Gasteiger partial charge in [0.1, 0.15) is 5.54 Å². The molecule has 0 fully saturated rings. The molecule has 0 saturated carbocycles. The van der Waals surface area contributed by atoms with Gasteiger partial charge < -0.3 is 20.6 Å². The van der Waals surface area contributed by atoms with E-state index in [4.69, 9.17) is 15.3 Å². The van der Waals surface area contributed by atoms with Crippen molar-refractivity contribution in [2.45, 2.75) is 9.75 Å². The minimum absolute atomic E-state index is 0.183. The maximum atomic E-state index is 11.6. The monoisotopic (exact) mass is 277 g/mol. The van der Waals surface area contributed by atoms with Gasteiger partial charge in [-0.15, -0.1) is 23.1 Å². The number of amides is 1. The smallest absolute Gasteiger partial charge is 0.231 e. The number of aliphatic hydroxyl groups excluding tert-OH is 3. The zero-order valence-corrected chi connectivity index (χ0v) is 10.8. The molecule has 0 aliphatic rings. The van der Waals surface area contributed by atoms with E-state index in [9.17, 15) is 4.79 Å². The standard InChI is InChI=1S/C10H15NO4S2/c12-5-10(6-13,7-14)11-8(15)4-17-9-2-1-3-16-9/h1-3,12-14H,4-7H2,(H,11,15). The molecule has 0 atom stereocenters. The lowest BCUT2D eigenvalue weighted by molar-refractivity contribution is -0.122. The van der Waals surface area contributed by atoms with Crippen molar-refractivity contribution >= 4 is 29.0 Å². The van der Waals surface area contributed by atoms with Crippen molar-refractivity contribution in [2.24, 2.45) is 0 Å². The van der Waals surface area contributed by atoms with Crippen molar-refractivity contribution in [3.63, 3.8) is 0 Å². The molecule has 1 heterocycles. The number of rotatable bonds is 7. The SMILES string of the molecule is O=C(CSc1cccs1)NC(CO)(CO)CO. The Labute approximate surface area is 107 Å². The Morgan fingerprint density at radius 2 is 2.00 bits per heavy atom. The highest BCUT2D eigenvalue weighted by Crippen LogP contribution is 2.23. The Bertz CT molecular complexity index is 330. The molecule has 1 aromatic rings. The fourth-order valence-electron chi connectivity index (χ4n) is 1.08. The van der Waals surface area contributed by atoms with Crippen LogP contribution in [0, 0.1) is 0 Å². The van der Waals surface area contributed by atoms with Crippen LogP contribution >= 0.6 is 23.1 Å². The van der Waals surface area contributed by atoms with Crippen molar-refractivity contribution in [3.8, 4) is 0 Å². The Morgan fingerprint density at radius 1 is 1.35 bits per heavy atom. The second-order valence-electron chi connectivity index (χ2n) is 3.52. The van der Waals surface area contributed by atoms with E-state index in [1.54, 1.807) is 0 Å². The summed E-state index contributed by atoms with van der Waals surface area (Å²) < 4.78 is 1.02. The van der Waals surface area contributed by atoms with E-state index in [0.29, 0.717) is 0 Å². The molecule has 1 amide bonds. The van der Waals surface area contributed by atoms with Gasteiger partial charge in [-0.25, -0.2) is 0 Å². The van der Waals surface area contributed by atoms with Gasteiger partial charge in [-0.1, -0.05) is 6.07 Å².